The largest absolute Gasteiger partial charge is 0.497 e. The van der Waals surface area contributed by atoms with Crippen molar-refractivity contribution in [2.45, 2.75) is 6.92 Å². The van der Waals surface area contributed by atoms with Crippen LogP contribution in [-0.4, -0.2) is 29.7 Å². The molecule has 0 fully saturated rings. The number of ether oxygens (including phenoxy) is 1. The van der Waals surface area contributed by atoms with E-state index in [1.165, 1.54) is 26.2 Å². The van der Waals surface area contributed by atoms with Gasteiger partial charge in [-0.3, -0.25) is 14.4 Å². The lowest BCUT2D eigenvalue weighted by Gasteiger charge is -2.08. The first-order chi connectivity index (χ1) is 14.0. The van der Waals surface area contributed by atoms with Crippen LogP contribution in [0, 0.1) is 0 Å². The second kappa shape index (κ2) is 8.79. The summed E-state index contributed by atoms with van der Waals surface area (Å²) in [5, 5.41) is 5.41. The average Bonchev–Trinajstić information content (AvgIpc) is 2.74. The number of pyridine rings is 1. The number of anilines is 2. The van der Waals surface area contributed by atoms with Crippen LogP contribution < -0.4 is 15.4 Å². The van der Waals surface area contributed by atoms with E-state index in [0.29, 0.717) is 22.7 Å². The van der Waals surface area contributed by atoms with Crippen LogP contribution in [-0.2, 0) is 0 Å². The number of nitrogens with zero attached hydrogens (tertiary/aromatic N) is 1. The first-order valence-electron chi connectivity index (χ1n) is 8.81. The van der Waals surface area contributed by atoms with Gasteiger partial charge in [0.1, 0.15) is 17.1 Å². The van der Waals surface area contributed by atoms with Crippen LogP contribution in [0.2, 0.25) is 0 Å². The molecule has 0 aliphatic heterocycles. The fourth-order valence-corrected chi connectivity index (χ4v) is 2.57. The fraction of sp³-hybridized carbons (Fsp3) is 0.0909. The van der Waals surface area contributed by atoms with E-state index in [1.807, 2.05) is 0 Å². The average molecular weight is 389 g/mol. The Morgan fingerprint density at radius 3 is 1.97 bits per heavy atom. The zero-order valence-corrected chi connectivity index (χ0v) is 15.9. The Kier molecular flexibility index (Phi) is 5.99. The molecule has 7 nitrogen and oxygen atoms in total. The molecule has 0 radical (unpaired) electrons. The van der Waals surface area contributed by atoms with E-state index in [0.717, 1.165) is 0 Å². The van der Waals surface area contributed by atoms with Crippen LogP contribution in [0.1, 0.15) is 38.3 Å². The minimum absolute atomic E-state index is 0.0562. The summed E-state index contributed by atoms with van der Waals surface area (Å²) in [6, 6.07) is 18.1. The predicted molar refractivity (Wildman–Crippen MR) is 110 cm³/mol. The van der Waals surface area contributed by atoms with Gasteiger partial charge in [-0.25, -0.2) is 4.98 Å². The zero-order valence-electron chi connectivity index (χ0n) is 15.9. The van der Waals surface area contributed by atoms with Crippen LogP contribution in [0.3, 0.4) is 0 Å². The number of carbonyl (C=O) groups is 3. The summed E-state index contributed by atoms with van der Waals surface area (Å²) in [6.45, 7) is 1.47. The number of amides is 2. The molecule has 2 N–H and O–H groups in total. The van der Waals surface area contributed by atoms with Crippen molar-refractivity contribution in [1.29, 1.82) is 0 Å². The Morgan fingerprint density at radius 2 is 1.38 bits per heavy atom. The summed E-state index contributed by atoms with van der Waals surface area (Å²) in [5.74, 6) is -0.353. The van der Waals surface area contributed by atoms with E-state index in [2.05, 4.69) is 15.6 Å². The summed E-state index contributed by atoms with van der Waals surface area (Å²) < 4.78 is 5.13. The zero-order chi connectivity index (χ0) is 20.8. The van der Waals surface area contributed by atoms with Gasteiger partial charge in [0.25, 0.3) is 11.8 Å². The Morgan fingerprint density at radius 1 is 0.793 bits per heavy atom. The maximum absolute atomic E-state index is 12.5. The molecule has 0 saturated heterocycles. The minimum atomic E-state index is -0.461. The van der Waals surface area contributed by atoms with Gasteiger partial charge in [0.05, 0.1) is 7.11 Å². The normalized spacial score (nSPS) is 10.1. The summed E-state index contributed by atoms with van der Waals surface area (Å²) in [4.78, 5) is 40.4. The third-order valence-electron chi connectivity index (χ3n) is 4.09. The number of hydrogen-bond donors (Lipinski definition) is 2. The van der Waals surface area contributed by atoms with Gasteiger partial charge in [0.15, 0.2) is 5.78 Å². The molecule has 1 heterocycles. The molecular formula is C22H19N3O4. The van der Waals surface area contributed by atoms with Gasteiger partial charge in [-0.15, -0.1) is 0 Å². The fourth-order valence-electron chi connectivity index (χ4n) is 2.57. The van der Waals surface area contributed by atoms with Crippen molar-refractivity contribution >= 4 is 29.0 Å². The Balaban J connectivity index is 1.71. The molecule has 0 aliphatic carbocycles. The highest BCUT2D eigenvalue weighted by Crippen LogP contribution is 2.17. The van der Waals surface area contributed by atoms with Gasteiger partial charge in [-0.2, -0.15) is 0 Å². The first kappa shape index (κ1) is 19.8. The van der Waals surface area contributed by atoms with Gasteiger partial charge in [0.2, 0.25) is 0 Å². The Labute approximate surface area is 167 Å². The summed E-state index contributed by atoms with van der Waals surface area (Å²) in [5.41, 5.74) is 1.83. The van der Waals surface area contributed by atoms with Crippen molar-refractivity contribution in [1.82, 2.24) is 4.98 Å². The standard InChI is InChI=1S/C22H19N3O4/c1-14(26)15-9-11-16(12-10-15)23-21(27)19-7-4-8-20(25-19)22(28)24-17-5-3-6-18(13-17)29-2/h3-13H,1-2H3,(H,23,27)(H,24,28). The number of nitrogens with one attached hydrogen (secondary N) is 2. The van der Waals surface area contributed by atoms with Crippen LogP contribution in [0.15, 0.2) is 66.7 Å². The number of rotatable bonds is 6. The second-order valence-corrected chi connectivity index (χ2v) is 6.18. The molecule has 7 heteroatoms. The van der Waals surface area contributed by atoms with Crippen LogP contribution >= 0.6 is 0 Å². The summed E-state index contributed by atoms with van der Waals surface area (Å²) >= 11 is 0. The molecule has 3 aromatic rings. The second-order valence-electron chi connectivity index (χ2n) is 6.18. The van der Waals surface area contributed by atoms with Crippen LogP contribution in [0.4, 0.5) is 11.4 Å². The maximum atomic E-state index is 12.5. The lowest BCUT2D eigenvalue weighted by Crippen LogP contribution is -2.18. The lowest BCUT2D eigenvalue weighted by molar-refractivity contribution is 0.100. The Bertz CT molecular complexity index is 1060. The highest BCUT2D eigenvalue weighted by atomic mass is 16.5. The van der Waals surface area contributed by atoms with E-state index >= 15 is 0 Å². The smallest absolute Gasteiger partial charge is 0.274 e. The number of aromatic nitrogens is 1. The predicted octanol–water partition coefficient (Wildman–Crippen LogP) is 3.80. The Hall–Kier alpha value is -4.00. The van der Waals surface area contributed by atoms with Crippen molar-refractivity contribution in [2.24, 2.45) is 0 Å². The molecule has 0 atom stereocenters. The topological polar surface area (TPSA) is 97.4 Å². The highest BCUT2D eigenvalue weighted by molar-refractivity contribution is 6.06. The van der Waals surface area contributed by atoms with E-state index < -0.39 is 11.8 Å². The molecule has 0 saturated carbocycles. The lowest BCUT2D eigenvalue weighted by atomic mass is 10.1. The third-order valence-corrected chi connectivity index (χ3v) is 4.09. The van der Waals surface area contributed by atoms with Crippen molar-refractivity contribution < 1.29 is 19.1 Å². The van der Waals surface area contributed by atoms with Crippen LogP contribution in [0.5, 0.6) is 5.75 Å². The SMILES string of the molecule is COc1cccc(NC(=O)c2cccc(C(=O)Nc3ccc(C(C)=O)cc3)n2)c1. The molecule has 1 aromatic heterocycles. The van der Waals surface area contributed by atoms with Crippen molar-refractivity contribution in [2.75, 3.05) is 17.7 Å². The molecule has 29 heavy (non-hydrogen) atoms. The highest BCUT2D eigenvalue weighted by Gasteiger charge is 2.13. The van der Waals surface area contributed by atoms with Crippen molar-refractivity contribution in [3.8, 4) is 5.75 Å². The molecule has 0 bridgehead atoms. The minimum Gasteiger partial charge on any atom is -0.497 e. The van der Waals surface area contributed by atoms with Gasteiger partial charge in [0, 0.05) is 23.0 Å². The van der Waals surface area contributed by atoms with Gasteiger partial charge < -0.3 is 15.4 Å². The van der Waals surface area contributed by atoms with E-state index in [1.54, 1.807) is 54.6 Å². The number of Topliss-reactive ketones (excluding diaryl/α,β-unsaturated/α-hetero) is 1. The molecular weight excluding hydrogens is 370 g/mol. The molecule has 2 aromatic carbocycles. The monoisotopic (exact) mass is 389 g/mol. The van der Waals surface area contributed by atoms with E-state index in [4.69, 9.17) is 4.74 Å². The van der Waals surface area contributed by atoms with Crippen molar-refractivity contribution in [3.05, 3.63) is 83.7 Å². The van der Waals surface area contributed by atoms with Crippen LogP contribution in [0.25, 0.3) is 0 Å². The quantitative estimate of drug-likeness (QED) is 0.625. The first-order valence-corrected chi connectivity index (χ1v) is 8.81. The van der Waals surface area contributed by atoms with Crippen molar-refractivity contribution in [3.63, 3.8) is 0 Å². The molecule has 3 rings (SSSR count). The van der Waals surface area contributed by atoms with Gasteiger partial charge >= 0.3 is 0 Å². The van der Waals surface area contributed by atoms with Gasteiger partial charge in [-0.1, -0.05) is 12.1 Å². The summed E-state index contributed by atoms with van der Waals surface area (Å²) in [7, 11) is 1.54. The molecule has 0 aliphatic rings. The molecule has 2 amide bonds. The number of hydrogen-bond acceptors (Lipinski definition) is 5. The maximum Gasteiger partial charge on any atom is 0.274 e. The number of carbonyl (C=O) groups excluding carboxylic acids is 3. The number of methoxy groups -OCH3 is 1. The third kappa shape index (κ3) is 5.04. The molecule has 146 valence electrons. The summed E-state index contributed by atoms with van der Waals surface area (Å²) in [6.07, 6.45) is 0. The molecule has 0 unspecified atom stereocenters. The number of ketones is 1. The van der Waals surface area contributed by atoms with Gasteiger partial charge in [-0.05, 0) is 55.5 Å². The van der Waals surface area contributed by atoms with E-state index in [-0.39, 0.29) is 17.2 Å². The molecule has 0 spiro atoms. The van der Waals surface area contributed by atoms with E-state index in [9.17, 15) is 14.4 Å². The number of benzene rings is 2.